The average Bonchev–Trinajstić information content (AvgIpc) is 2.46. The molecule has 0 radical (unpaired) electrons. The Hall–Kier alpha value is -0.560. The summed E-state index contributed by atoms with van der Waals surface area (Å²) in [4.78, 5) is 11.4. The summed E-state index contributed by atoms with van der Waals surface area (Å²) in [5.41, 5.74) is 1.58. The summed E-state index contributed by atoms with van der Waals surface area (Å²) in [5.74, 6) is -0.346. The van der Waals surface area contributed by atoms with Gasteiger partial charge >= 0.3 is 5.97 Å². The van der Waals surface area contributed by atoms with E-state index in [2.05, 4.69) is 26.0 Å². The maximum atomic E-state index is 11.4. The molecule has 4 nitrogen and oxygen atoms in total. The van der Waals surface area contributed by atoms with E-state index in [0.29, 0.717) is 12.1 Å². The van der Waals surface area contributed by atoms with Gasteiger partial charge in [-0.2, -0.15) is 11.8 Å². The molecule has 1 aromatic carbocycles. The van der Waals surface area contributed by atoms with Crippen molar-refractivity contribution in [2.24, 2.45) is 0 Å². The number of benzene rings is 1. The zero-order chi connectivity index (χ0) is 15.1. The lowest BCUT2D eigenvalue weighted by atomic mass is 10.1. The molecule has 0 heterocycles. The lowest BCUT2D eigenvalue weighted by molar-refractivity contribution is 0.0600. The molecule has 6 heteroatoms. The number of aliphatic hydroxyl groups is 1. The molecule has 112 valence electrons. The van der Waals surface area contributed by atoms with Gasteiger partial charge in [0.25, 0.3) is 0 Å². The highest BCUT2D eigenvalue weighted by molar-refractivity contribution is 9.10. The van der Waals surface area contributed by atoms with E-state index in [1.165, 1.54) is 7.11 Å². The first kappa shape index (κ1) is 17.5. The van der Waals surface area contributed by atoms with Crippen LogP contribution in [0.3, 0.4) is 0 Å². The standard InChI is InChI=1S/C14H20BrNO3S/c1-9(13(8-17)20-3)16-7-11-5-4-10(6-12(11)15)14(18)19-2/h4-6,9,13,16-17H,7-8H2,1-3H3. The molecule has 1 rings (SSSR count). The van der Waals surface area contributed by atoms with Gasteiger partial charge in [0.15, 0.2) is 0 Å². The fourth-order valence-corrected chi connectivity index (χ4v) is 2.95. The van der Waals surface area contributed by atoms with Crippen LogP contribution in [0.4, 0.5) is 0 Å². The topological polar surface area (TPSA) is 58.6 Å². The third-order valence-electron chi connectivity index (χ3n) is 3.13. The maximum absolute atomic E-state index is 11.4. The molecule has 20 heavy (non-hydrogen) atoms. The Kier molecular flexibility index (Phi) is 7.58. The molecule has 2 N–H and O–H groups in total. The van der Waals surface area contributed by atoms with Gasteiger partial charge in [-0.25, -0.2) is 4.79 Å². The van der Waals surface area contributed by atoms with E-state index in [1.807, 2.05) is 19.2 Å². The largest absolute Gasteiger partial charge is 0.465 e. The van der Waals surface area contributed by atoms with Gasteiger partial charge in [0, 0.05) is 22.3 Å². The third kappa shape index (κ3) is 4.77. The molecule has 0 fully saturated rings. The molecule has 0 saturated carbocycles. The lowest BCUT2D eigenvalue weighted by Gasteiger charge is -2.21. The fourth-order valence-electron chi connectivity index (χ4n) is 1.77. The van der Waals surface area contributed by atoms with Crippen molar-refractivity contribution in [3.63, 3.8) is 0 Å². The first-order valence-corrected chi connectivity index (χ1v) is 8.35. The predicted octanol–water partition coefficient (Wildman–Crippen LogP) is 2.44. The van der Waals surface area contributed by atoms with Crippen LogP contribution in [0.1, 0.15) is 22.8 Å². The van der Waals surface area contributed by atoms with Gasteiger partial charge in [-0.1, -0.05) is 22.0 Å². The molecule has 0 spiro atoms. The molecule has 2 unspecified atom stereocenters. The SMILES string of the molecule is COC(=O)c1ccc(CNC(C)C(CO)SC)c(Br)c1. The van der Waals surface area contributed by atoms with Crippen LogP contribution >= 0.6 is 27.7 Å². The van der Waals surface area contributed by atoms with Gasteiger partial charge in [-0.15, -0.1) is 0 Å². The van der Waals surface area contributed by atoms with Crippen LogP contribution in [-0.2, 0) is 11.3 Å². The number of halogens is 1. The van der Waals surface area contributed by atoms with Gasteiger partial charge in [0.05, 0.1) is 19.3 Å². The molecule has 2 atom stereocenters. The Morgan fingerprint density at radius 2 is 2.25 bits per heavy atom. The number of ether oxygens (including phenoxy) is 1. The van der Waals surface area contributed by atoms with Crippen molar-refractivity contribution < 1.29 is 14.6 Å². The van der Waals surface area contributed by atoms with Crippen LogP contribution in [0, 0.1) is 0 Å². The zero-order valence-corrected chi connectivity index (χ0v) is 14.3. The maximum Gasteiger partial charge on any atom is 0.337 e. The molecule has 0 aliphatic rings. The first-order chi connectivity index (χ1) is 9.53. The predicted molar refractivity (Wildman–Crippen MR) is 86.2 cm³/mol. The van der Waals surface area contributed by atoms with Crippen molar-refractivity contribution in [3.05, 3.63) is 33.8 Å². The molecular formula is C14H20BrNO3S. The number of rotatable bonds is 7. The van der Waals surface area contributed by atoms with Gasteiger partial charge in [-0.3, -0.25) is 0 Å². The summed E-state index contributed by atoms with van der Waals surface area (Å²) in [7, 11) is 1.37. The number of hydrogen-bond acceptors (Lipinski definition) is 5. The van der Waals surface area contributed by atoms with Crippen molar-refractivity contribution in [3.8, 4) is 0 Å². The molecule has 0 bridgehead atoms. The summed E-state index contributed by atoms with van der Waals surface area (Å²) in [6.07, 6.45) is 1.99. The molecule has 0 amide bonds. The second-order valence-electron chi connectivity index (χ2n) is 4.42. The van der Waals surface area contributed by atoms with Crippen molar-refractivity contribution in [1.29, 1.82) is 0 Å². The van der Waals surface area contributed by atoms with Crippen LogP contribution in [0.5, 0.6) is 0 Å². The molecule has 1 aromatic rings. The molecule has 0 aliphatic heterocycles. The van der Waals surface area contributed by atoms with Crippen molar-refractivity contribution >= 4 is 33.7 Å². The zero-order valence-electron chi connectivity index (χ0n) is 11.9. The Bertz CT molecular complexity index is 452. The number of esters is 1. The van der Waals surface area contributed by atoms with Crippen LogP contribution in [0.2, 0.25) is 0 Å². The van der Waals surface area contributed by atoms with Crippen molar-refractivity contribution in [1.82, 2.24) is 5.32 Å². The molecule has 0 aliphatic carbocycles. The minimum absolute atomic E-state index is 0.151. The number of nitrogens with one attached hydrogen (secondary N) is 1. The van der Waals surface area contributed by atoms with Crippen LogP contribution < -0.4 is 5.32 Å². The van der Waals surface area contributed by atoms with Gasteiger partial charge < -0.3 is 15.2 Å². The number of aliphatic hydroxyl groups excluding tert-OH is 1. The Morgan fingerprint density at radius 1 is 1.55 bits per heavy atom. The Balaban J connectivity index is 2.67. The Morgan fingerprint density at radius 3 is 2.75 bits per heavy atom. The van der Waals surface area contributed by atoms with E-state index in [0.717, 1.165) is 10.0 Å². The number of methoxy groups -OCH3 is 1. The van der Waals surface area contributed by atoms with Crippen LogP contribution in [0.25, 0.3) is 0 Å². The summed E-state index contributed by atoms with van der Waals surface area (Å²) >= 11 is 5.10. The van der Waals surface area contributed by atoms with Crippen molar-refractivity contribution in [2.75, 3.05) is 20.0 Å². The quantitative estimate of drug-likeness (QED) is 0.730. The minimum atomic E-state index is -0.346. The first-order valence-electron chi connectivity index (χ1n) is 6.27. The number of carbonyl (C=O) groups is 1. The molecule has 0 saturated heterocycles. The molecule has 0 aromatic heterocycles. The van der Waals surface area contributed by atoms with Crippen molar-refractivity contribution in [2.45, 2.75) is 24.8 Å². The third-order valence-corrected chi connectivity index (χ3v) is 5.03. The highest BCUT2D eigenvalue weighted by Gasteiger charge is 2.15. The summed E-state index contributed by atoms with van der Waals surface area (Å²) in [5, 5.41) is 12.8. The lowest BCUT2D eigenvalue weighted by Crippen LogP contribution is -2.37. The second kappa shape index (κ2) is 8.67. The average molecular weight is 362 g/mol. The van der Waals surface area contributed by atoms with Gasteiger partial charge in [-0.05, 0) is 30.9 Å². The molecular weight excluding hydrogens is 342 g/mol. The number of thioether (sulfide) groups is 1. The summed E-state index contributed by atoms with van der Waals surface area (Å²) < 4.78 is 5.55. The monoisotopic (exact) mass is 361 g/mol. The van der Waals surface area contributed by atoms with Gasteiger partial charge in [0.1, 0.15) is 0 Å². The van der Waals surface area contributed by atoms with E-state index in [1.54, 1.807) is 23.9 Å². The summed E-state index contributed by atoms with van der Waals surface area (Å²) in [6, 6.07) is 5.59. The fraction of sp³-hybridized carbons (Fsp3) is 0.500. The van der Waals surface area contributed by atoms with E-state index >= 15 is 0 Å². The summed E-state index contributed by atoms with van der Waals surface area (Å²) in [6.45, 7) is 2.87. The van der Waals surface area contributed by atoms with E-state index < -0.39 is 0 Å². The normalized spacial score (nSPS) is 13.8. The highest BCUT2D eigenvalue weighted by atomic mass is 79.9. The Labute approximate surface area is 132 Å². The van der Waals surface area contributed by atoms with E-state index in [4.69, 9.17) is 0 Å². The van der Waals surface area contributed by atoms with Gasteiger partial charge in [0.2, 0.25) is 0 Å². The van der Waals surface area contributed by atoms with E-state index in [-0.39, 0.29) is 23.9 Å². The van der Waals surface area contributed by atoms with E-state index in [9.17, 15) is 9.90 Å². The highest BCUT2D eigenvalue weighted by Crippen LogP contribution is 2.20. The number of hydrogen-bond donors (Lipinski definition) is 2. The van der Waals surface area contributed by atoms with Crippen LogP contribution in [0.15, 0.2) is 22.7 Å². The van der Waals surface area contributed by atoms with Crippen LogP contribution in [-0.4, -0.2) is 42.3 Å². The minimum Gasteiger partial charge on any atom is -0.465 e. The second-order valence-corrected chi connectivity index (χ2v) is 6.36. The number of carbonyl (C=O) groups excluding carboxylic acids is 1. The smallest absolute Gasteiger partial charge is 0.337 e.